The first-order chi connectivity index (χ1) is 8.11. The lowest BCUT2D eigenvalue weighted by atomic mass is 10.3. The van der Waals surface area contributed by atoms with Gasteiger partial charge in [0.25, 0.3) is 0 Å². The summed E-state index contributed by atoms with van der Waals surface area (Å²) in [6.07, 6.45) is 3.73. The van der Waals surface area contributed by atoms with Crippen molar-refractivity contribution in [2.24, 2.45) is 0 Å². The Labute approximate surface area is 120 Å². The molecule has 0 aromatic carbocycles. The standard InChI is InChI=1S/C12H17BrN2S2/c1-3-7(2)17-6-9-14-11(8-4-5-8)10(13)12(16)15-9/h7-8H,3-6H2,1-2H3,(H,14,15,16). The van der Waals surface area contributed by atoms with Crippen molar-refractivity contribution in [1.82, 2.24) is 9.97 Å². The zero-order valence-electron chi connectivity index (χ0n) is 10.1. The number of nitrogens with one attached hydrogen (secondary N) is 1. The molecule has 1 heterocycles. The second kappa shape index (κ2) is 5.85. The molecule has 5 heteroatoms. The van der Waals surface area contributed by atoms with Crippen molar-refractivity contribution in [1.29, 1.82) is 0 Å². The van der Waals surface area contributed by atoms with Crippen molar-refractivity contribution in [3.8, 4) is 0 Å². The van der Waals surface area contributed by atoms with Crippen molar-refractivity contribution in [2.75, 3.05) is 0 Å². The molecule has 1 unspecified atom stereocenters. The van der Waals surface area contributed by atoms with E-state index < -0.39 is 0 Å². The van der Waals surface area contributed by atoms with E-state index in [1.807, 2.05) is 11.8 Å². The fourth-order valence-corrected chi connectivity index (χ4v) is 3.13. The molecule has 0 aliphatic heterocycles. The van der Waals surface area contributed by atoms with E-state index in [4.69, 9.17) is 12.2 Å². The van der Waals surface area contributed by atoms with Crippen LogP contribution in [0.1, 0.15) is 50.5 Å². The van der Waals surface area contributed by atoms with Gasteiger partial charge in [0.15, 0.2) is 0 Å². The van der Waals surface area contributed by atoms with Gasteiger partial charge in [-0.3, -0.25) is 0 Å². The van der Waals surface area contributed by atoms with Gasteiger partial charge in [-0.25, -0.2) is 4.98 Å². The van der Waals surface area contributed by atoms with E-state index in [0.717, 1.165) is 16.0 Å². The third kappa shape index (κ3) is 3.55. The van der Waals surface area contributed by atoms with Crippen LogP contribution in [0.25, 0.3) is 0 Å². The number of aromatic amines is 1. The quantitative estimate of drug-likeness (QED) is 0.784. The monoisotopic (exact) mass is 332 g/mol. The molecular formula is C12H17BrN2S2. The molecule has 2 rings (SSSR count). The summed E-state index contributed by atoms with van der Waals surface area (Å²) < 4.78 is 1.69. The Morgan fingerprint density at radius 2 is 2.29 bits per heavy atom. The number of halogens is 1. The molecule has 1 aliphatic rings. The first kappa shape index (κ1) is 13.6. The lowest BCUT2D eigenvalue weighted by molar-refractivity contribution is 0.888. The maximum Gasteiger partial charge on any atom is 0.144 e. The maximum absolute atomic E-state index is 5.30. The number of aromatic nitrogens is 2. The first-order valence-electron chi connectivity index (χ1n) is 6.02. The van der Waals surface area contributed by atoms with E-state index in [-0.39, 0.29) is 0 Å². The third-order valence-corrected chi connectivity index (χ3v) is 5.71. The molecule has 94 valence electrons. The van der Waals surface area contributed by atoms with Gasteiger partial charge in [0.05, 0.1) is 10.2 Å². The van der Waals surface area contributed by atoms with Gasteiger partial charge in [0.2, 0.25) is 0 Å². The third-order valence-electron chi connectivity index (χ3n) is 3.00. The second-order valence-corrected chi connectivity index (χ2v) is 7.13. The number of rotatable bonds is 5. The van der Waals surface area contributed by atoms with Gasteiger partial charge in [-0.05, 0) is 35.2 Å². The van der Waals surface area contributed by atoms with Crippen molar-refractivity contribution in [3.05, 3.63) is 20.6 Å². The van der Waals surface area contributed by atoms with Crippen LogP contribution >= 0.6 is 39.9 Å². The molecule has 1 atom stereocenters. The summed E-state index contributed by atoms with van der Waals surface area (Å²) in [5.41, 5.74) is 1.25. The van der Waals surface area contributed by atoms with Crippen LogP contribution in [0.5, 0.6) is 0 Å². The molecule has 0 spiro atoms. The van der Waals surface area contributed by atoms with E-state index in [0.29, 0.717) is 15.8 Å². The number of nitrogens with zero attached hydrogens (tertiary/aromatic N) is 1. The number of hydrogen-bond acceptors (Lipinski definition) is 3. The Morgan fingerprint density at radius 3 is 2.88 bits per heavy atom. The van der Waals surface area contributed by atoms with E-state index in [1.165, 1.54) is 25.0 Å². The highest BCUT2D eigenvalue weighted by Gasteiger charge is 2.27. The van der Waals surface area contributed by atoms with E-state index in [9.17, 15) is 0 Å². The Hall–Kier alpha value is 0.130. The molecule has 1 N–H and O–H groups in total. The van der Waals surface area contributed by atoms with Crippen molar-refractivity contribution >= 4 is 39.9 Å². The zero-order chi connectivity index (χ0) is 12.4. The van der Waals surface area contributed by atoms with E-state index in [2.05, 4.69) is 39.7 Å². The molecule has 1 aliphatic carbocycles. The first-order valence-corrected chi connectivity index (χ1v) is 8.27. The average Bonchev–Trinajstić information content (AvgIpc) is 3.14. The molecule has 1 fully saturated rings. The van der Waals surface area contributed by atoms with Crippen LogP contribution in [0.2, 0.25) is 0 Å². The van der Waals surface area contributed by atoms with E-state index >= 15 is 0 Å². The van der Waals surface area contributed by atoms with Crippen LogP contribution in [-0.2, 0) is 5.75 Å². The van der Waals surface area contributed by atoms with Gasteiger partial charge in [0.1, 0.15) is 10.5 Å². The number of H-pyrrole nitrogens is 1. The topological polar surface area (TPSA) is 28.7 Å². The average molecular weight is 333 g/mol. The zero-order valence-corrected chi connectivity index (χ0v) is 13.3. The Bertz CT molecular complexity index is 454. The normalized spacial score (nSPS) is 17.1. The molecule has 17 heavy (non-hydrogen) atoms. The molecular weight excluding hydrogens is 316 g/mol. The van der Waals surface area contributed by atoms with E-state index in [1.54, 1.807) is 0 Å². The highest BCUT2D eigenvalue weighted by Crippen LogP contribution is 2.42. The van der Waals surface area contributed by atoms with Crippen LogP contribution in [0.4, 0.5) is 0 Å². The van der Waals surface area contributed by atoms with Crippen molar-refractivity contribution in [2.45, 2.75) is 50.0 Å². The van der Waals surface area contributed by atoms with Gasteiger partial charge in [-0.2, -0.15) is 11.8 Å². The van der Waals surface area contributed by atoms with Gasteiger partial charge in [-0.15, -0.1) is 0 Å². The summed E-state index contributed by atoms with van der Waals surface area (Å²) in [5.74, 6) is 2.61. The predicted molar refractivity (Wildman–Crippen MR) is 80.1 cm³/mol. The van der Waals surface area contributed by atoms with Crippen LogP contribution in [0.3, 0.4) is 0 Å². The SMILES string of the molecule is CCC(C)SCc1nc(=S)c(Br)c(C2CC2)[nH]1. The van der Waals surface area contributed by atoms with Crippen LogP contribution in [0.15, 0.2) is 4.47 Å². The molecule has 2 nitrogen and oxygen atoms in total. The molecule has 0 radical (unpaired) electrons. The fourth-order valence-electron chi connectivity index (χ4n) is 1.59. The molecule has 1 saturated carbocycles. The van der Waals surface area contributed by atoms with Gasteiger partial charge in [0, 0.05) is 16.9 Å². The lowest BCUT2D eigenvalue weighted by Gasteiger charge is -2.10. The maximum atomic E-state index is 5.30. The van der Waals surface area contributed by atoms with Crippen LogP contribution < -0.4 is 0 Å². The summed E-state index contributed by atoms with van der Waals surface area (Å²) in [6, 6.07) is 0. The Balaban J connectivity index is 2.15. The summed E-state index contributed by atoms with van der Waals surface area (Å²) in [4.78, 5) is 7.89. The van der Waals surface area contributed by atoms with Gasteiger partial charge >= 0.3 is 0 Å². The minimum atomic E-state index is 0.668. The summed E-state index contributed by atoms with van der Waals surface area (Å²) >= 11 is 10.8. The van der Waals surface area contributed by atoms with Crippen molar-refractivity contribution in [3.63, 3.8) is 0 Å². The fraction of sp³-hybridized carbons (Fsp3) is 0.667. The molecule has 0 bridgehead atoms. The minimum Gasteiger partial charge on any atom is -0.345 e. The predicted octanol–water partition coefficient (Wildman–Crippen LogP) is 4.81. The Morgan fingerprint density at radius 1 is 1.59 bits per heavy atom. The molecule has 1 aromatic rings. The minimum absolute atomic E-state index is 0.668. The van der Waals surface area contributed by atoms with Crippen LogP contribution in [-0.4, -0.2) is 15.2 Å². The lowest BCUT2D eigenvalue weighted by Crippen LogP contribution is -2.02. The smallest absolute Gasteiger partial charge is 0.144 e. The van der Waals surface area contributed by atoms with Crippen molar-refractivity contribution < 1.29 is 0 Å². The summed E-state index contributed by atoms with van der Waals surface area (Å²) in [5, 5.41) is 0.673. The second-order valence-electron chi connectivity index (χ2n) is 4.52. The molecule has 0 amide bonds. The number of thioether (sulfide) groups is 1. The summed E-state index contributed by atoms with van der Waals surface area (Å²) in [6.45, 7) is 4.46. The molecule has 0 saturated heterocycles. The summed E-state index contributed by atoms with van der Waals surface area (Å²) in [7, 11) is 0. The Kier molecular flexibility index (Phi) is 4.66. The highest BCUT2D eigenvalue weighted by molar-refractivity contribution is 9.10. The number of hydrogen-bond donors (Lipinski definition) is 1. The molecule has 1 aromatic heterocycles. The van der Waals surface area contributed by atoms with Crippen LogP contribution in [0, 0.1) is 4.64 Å². The van der Waals surface area contributed by atoms with Gasteiger partial charge < -0.3 is 4.98 Å². The van der Waals surface area contributed by atoms with Gasteiger partial charge in [-0.1, -0.05) is 26.1 Å². The largest absolute Gasteiger partial charge is 0.345 e. The highest BCUT2D eigenvalue weighted by atomic mass is 79.9.